The summed E-state index contributed by atoms with van der Waals surface area (Å²) in [6, 6.07) is 11.5. The molecule has 2 nitrogen and oxygen atoms in total. The van der Waals surface area contributed by atoms with E-state index in [1.54, 1.807) is 0 Å². The van der Waals surface area contributed by atoms with E-state index in [0.717, 1.165) is 24.4 Å². The number of aromatic nitrogens is 2. The molecule has 0 bridgehead atoms. The fourth-order valence-electron chi connectivity index (χ4n) is 3.77. The van der Waals surface area contributed by atoms with Gasteiger partial charge in [0.2, 0.25) is 0 Å². The molecule has 1 heterocycles. The second-order valence-electron chi connectivity index (χ2n) is 9.44. The number of hydrogen-bond donors (Lipinski definition) is 1. The van der Waals surface area contributed by atoms with Crippen LogP contribution in [0.3, 0.4) is 0 Å². The van der Waals surface area contributed by atoms with Crippen molar-refractivity contribution in [1.29, 1.82) is 0 Å². The quantitative estimate of drug-likeness (QED) is 0.543. The van der Waals surface area contributed by atoms with Gasteiger partial charge in [0.25, 0.3) is 0 Å². The van der Waals surface area contributed by atoms with Crippen LogP contribution in [0.5, 0.6) is 0 Å². The predicted octanol–water partition coefficient (Wildman–Crippen LogP) is 5.92. The minimum Gasteiger partial charge on any atom is -0.345 e. The lowest BCUT2D eigenvalue weighted by Gasteiger charge is -2.22. The van der Waals surface area contributed by atoms with Crippen molar-refractivity contribution in [3.8, 4) is 11.3 Å². The summed E-state index contributed by atoms with van der Waals surface area (Å²) >= 11 is 0. The van der Waals surface area contributed by atoms with Crippen molar-refractivity contribution in [1.82, 2.24) is 9.97 Å². The Bertz CT molecular complexity index is 962. The summed E-state index contributed by atoms with van der Waals surface area (Å²) in [7, 11) is 0. The van der Waals surface area contributed by atoms with Gasteiger partial charge in [-0.25, -0.2) is 4.98 Å². The fourth-order valence-corrected chi connectivity index (χ4v) is 3.77. The molecule has 4 rings (SSSR count). The van der Waals surface area contributed by atoms with Crippen molar-refractivity contribution in [2.24, 2.45) is 0 Å². The van der Waals surface area contributed by atoms with Gasteiger partial charge in [0.15, 0.2) is 0 Å². The van der Waals surface area contributed by atoms with Gasteiger partial charge < -0.3 is 4.98 Å². The Hall–Kier alpha value is -2.09. The van der Waals surface area contributed by atoms with Gasteiger partial charge in [-0.15, -0.1) is 0 Å². The summed E-state index contributed by atoms with van der Waals surface area (Å²) in [5.74, 6) is 1.09. The summed E-state index contributed by atoms with van der Waals surface area (Å²) in [4.78, 5) is 8.55. The first kappa shape index (κ1) is 16.4. The molecule has 1 aromatic heterocycles. The van der Waals surface area contributed by atoms with Crippen LogP contribution in [0.25, 0.3) is 22.0 Å². The zero-order valence-electron chi connectivity index (χ0n) is 16.2. The topological polar surface area (TPSA) is 28.7 Å². The van der Waals surface area contributed by atoms with Crippen molar-refractivity contribution in [2.75, 3.05) is 0 Å². The van der Waals surface area contributed by atoms with Crippen LogP contribution in [0.1, 0.15) is 64.2 Å². The van der Waals surface area contributed by atoms with Crippen LogP contribution in [-0.2, 0) is 23.7 Å². The van der Waals surface area contributed by atoms with E-state index in [1.165, 1.54) is 33.2 Å². The van der Waals surface area contributed by atoms with Crippen molar-refractivity contribution >= 4 is 10.8 Å². The molecule has 0 spiro atoms. The van der Waals surface area contributed by atoms with Crippen LogP contribution in [0, 0.1) is 0 Å². The Kier molecular flexibility index (Phi) is 3.41. The molecule has 0 aliphatic heterocycles. The number of fused-ring (bicyclic) bond motifs is 5. The summed E-state index contributed by atoms with van der Waals surface area (Å²) in [6.45, 7) is 13.5. The predicted molar refractivity (Wildman–Crippen MR) is 106 cm³/mol. The second-order valence-corrected chi connectivity index (χ2v) is 9.44. The number of H-pyrrole nitrogens is 1. The molecular formula is C23H28N2. The highest BCUT2D eigenvalue weighted by Crippen LogP contribution is 2.38. The third-order valence-corrected chi connectivity index (χ3v) is 5.37. The first-order valence-corrected chi connectivity index (χ1v) is 9.30. The largest absolute Gasteiger partial charge is 0.345 e. The van der Waals surface area contributed by atoms with Crippen LogP contribution >= 0.6 is 0 Å². The van der Waals surface area contributed by atoms with E-state index in [4.69, 9.17) is 4.98 Å². The van der Waals surface area contributed by atoms with E-state index < -0.39 is 0 Å². The molecule has 2 aromatic carbocycles. The van der Waals surface area contributed by atoms with Crippen LogP contribution in [0.2, 0.25) is 0 Å². The lowest BCUT2D eigenvalue weighted by molar-refractivity contribution is 0.551. The van der Waals surface area contributed by atoms with Crippen molar-refractivity contribution in [3.05, 3.63) is 53.0 Å². The lowest BCUT2D eigenvalue weighted by Crippen LogP contribution is -2.13. The summed E-state index contributed by atoms with van der Waals surface area (Å²) in [6.07, 6.45) is 2.13. The normalized spacial score (nSPS) is 14.5. The molecule has 1 N–H and O–H groups in total. The highest BCUT2D eigenvalue weighted by Gasteiger charge is 2.26. The van der Waals surface area contributed by atoms with E-state index in [0.29, 0.717) is 0 Å². The molecule has 0 saturated heterocycles. The number of benzene rings is 2. The molecule has 1 aliphatic rings. The van der Waals surface area contributed by atoms with E-state index in [-0.39, 0.29) is 10.8 Å². The number of nitrogens with one attached hydrogen (secondary N) is 1. The van der Waals surface area contributed by atoms with Crippen molar-refractivity contribution < 1.29 is 0 Å². The molecule has 0 amide bonds. The molecule has 0 unspecified atom stereocenters. The zero-order valence-corrected chi connectivity index (χ0v) is 16.2. The third-order valence-electron chi connectivity index (χ3n) is 5.37. The first-order chi connectivity index (χ1) is 11.6. The smallest absolute Gasteiger partial charge is 0.112 e. The van der Waals surface area contributed by atoms with Crippen molar-refractivity contribution in [3.63, 3.8) is 0 Å². The zero-order chi connectivity index (χ0) is 18.0. The minimum atomic E-state index is 0.0515. The molecule has 1 aliphatic carbocycles. The molecule has 0 radical (unpaired) electrons. The summed E-state index contributed by atoms with van der Waals surface area (Å²) < 4.78 is 0. The summed E-state index contributed by atoms with van der Waals surface area (Å²) in [5.41, 5.74) is 6.85. The van der Waals surface area contributed by atoms with E-state index in [9.17, 15) is 0 Å². The minimum absolute atomic E-state index is 0.0515. The van der Waals surface area contributed by atoms with Gasteiger partial charge in [0.05, 0.1) is 5.69 Å². The van der Waals surface area contributed by atoms with Crippen molar-refractivity contribution in [2.45, 2.75) is 65.2 Å². The Morgan fingerprint density at radius 3 is 2.32 bits per heavy atom. The molecular weight excluding hydrogens is 304 g/mol. The number of nitrogens with zero attached hydrogens (tertiary/aromatic N) is 1. The Morgan fingerprint density at radius 1 is 0.880 bits per heavy atom. The molecule has 3 aromatic rings. The Balaban J connectivity index is 1.89. The van der Waals surface area contributed by atoms with Gasteiger partial charge in [-0.1, -0.05) is 71.9 Å². The number of imidazole rings is 1. The number of hydrogen-bond acceptors (Lipinski definition) is 1. The average Bonchev–Trinajstić information content (AvgIpc) is 2.97. The standard InChI is InChI=1S/C23H28N2/c1-22(2,3)15-8-10-16-14(13-15)7-9-18-17(16)11-12-19-20(18)25-21(24-19)23(4,5)6/h7-10,13H,11-12H2,1-6H3,(H,24,25). The first-order valence-electron chi connectivity index (χ1n) is 9.30. The van der Waals surface area contributed by atoms with Crippen LogP contribution in [0.4, 0.5) is 0 Å². The van der Waals surface area contributed by atoms with E-state index in [2.05, 4.69) is 76.9 Å². The molecule has 130 valence electrons. The highest BCUT2D eigenvalue weighted by molar-refractivity contribution is 5.93. The fraction of sp³-hybridized carbons (Fsp3) is 0.435. The maximum Gasteiger partial charge on any atom is 0.112 e. The Morgan fingerprint density at radius 2 is 1.64 bits per heavy atom. The van der Waals surface area contributed by atoms with E-state index >= 15 is 0 Å². The number of aryl methyl sites for hydroxylation is 2. The van der Waals surface area contributed by atoms with Crippen LogP contribution in [-0.4, -0.2) is 9.97 Å². The van der Waals surface area contributed by atoms with Gasteiger partial charge in [0, 0.05) is 16.7 Å². The van der Waals surface area contributed by atoms with E-state index in [1.807, 2.05) is 0 Å². The number of aromatic amines is 1. The average molecular weight is 332 g/mol. The van der Waals surface area contributed by atoms with Gasteiger partial charge >= 0.3 is 0 Å². The van der Waals surface area contributed by atoms with Gasteiger partial charge in [-0.2, -0.15) is 0 Å². The highest BCUT2D eigenvalue weighted by atomic mass is 15.0. The molecule has 0 fully saturated rings. The number of rotatable bonds is 0. The molecule has 0 atom stereocenters. The summed E-state index contributed by atoms with van der Waals surface area (Å²) in [5, 5.41) is 2.73. The van der Waals surface area contributed by atoms with Crippen LogP contribution in [0.15, 0.2) is 30.3 Å². The van der Waals surface area contributed by atoms with Crippen LogP contribution < -0.4 is 0 Å². The lowest BCUT2D eigenvalue weighted by atomic mass is 9.83. The second kappa shape index (κ2) is 5.20. The van der Waals surface area contributed by atoms with Gasteiger partial charge in [-0.3, -0.25) is 0 Å². The maximum atomic E-state index is 4.97. The Labute approximate surface area is 150 Å². The van der Waals surface area contributed by atoms with Gasteiger partial charge in [-0.05, 0) is 40.2 Å². The SMILES string of the molecule is CC(C)(C)c1ccc2c3c(ccc2c1)-c1nc(C(C)(C)C)[nH]c1CC3. The third kappa shape index (κ3) is 2.68. The molecule has 25 heavy (non-hydrogen) atoms. The molecule has 0 saturated carbocycles. The monoisotopic (exact) mass is 332 g/mol. The molecule has 2 heteroatoms. The maximum absolute atomic E-state index is 4.97. The van der Waals surface area contributed by atoms with Gasteiger partial charge in [0.1, 0.15) is 5.82 Å².